The topological polar surface area (TPSA) is 84.7 Å². The molecule has 190 valence electrons. The summed E-state index contributed by atoms with van der Waals surface area (Å²) in [5, 5.41) is 11.2. The van der Waals surface area contributed by atoms with E-state index < -0.39 is 11.7 Å². The first-order chi connectivity index (χ1) is 16.9. The van der Waals surface area contributed by atoms with E-state index in [-0.39, 0.29) is 12.0 Å². The van der Waals surface area contributed by atoms with Crippen molar-refractivity contribution < 1.29 is 19.4 Å². The summed E-state index contributed by atoms with van der Waals surface area (Å²) in [5.74, 6) is 0.107. The van der Waals surface area contributed by atoms with E-state index in [9.17, 15) is 14.7 Å². The number of carbonyl (C=O) groups excluding carboxylic acids is 1. The van der Waals surface area contributed by atoms with Crippen LogP contribution in [0.5, 0.6) is 0 Å². The lowest BCUT2D eigenvalue weighted by atomic mass is 9.93. The highest BCUT2D eigenvalue weighted by Gasteiger charge is 2.27. The number of amides is 1. The van der Waals surface area contributed by atoms with Gasteiger partial charge < -0.3 is 14.7 Å². The highest BCUT2D eigenvalue weighted by Crippen LogP contribution is 2.40. The Hall–Kier alpha value is -3.61. The molecule has 0 radical (unpaired) electrons. The molecule has 1 amide bonds. The zero-order valence-corrected chi connectivity index (χ0v) is 22.2. The fraction of sp³-hybridized carbons (Fsp3) is 0.414. The SMILES string of the molecule is Cc1cc(-c2c(C(C)C)c3cc(C4=CCN(C(=O)OC(C)(C)C)CC4)ccc3n2C(=O)O)cc(C)n1. The van der Waals surface area contributed by atoms with E-state index in [4.69, 9.17) is 4.74 Å². The number of fused-ring (bicyclic) bond motifs is 1. The maximum Gasteiger partial charge on any atom is 0.416 e. The first kappa shape index (κ1) is 25.5. The third-order valence-corrected chi connectivity index (χ3v) is 6.36. The van der Waals surface area contributed by atoms with Gasteiger partial charge in [-0.15, -0.1) is 0 Å². The van der Waals surface area contributed by atoms with Crippen LogP contribution in [0.15, 0.2) is 36.4 Å². The van der Waals surface area contributed by atoms with Gasteiger partial charge in [-0.05, 0) is 87.9 Å². The molecule has 36 heavy (non-hydrogen) atoms. The molecule has 3 aromatic rings. The Bertz CT molecular complexity index is 1360. The first-order valence-electron chi connectivity index (χ1n) is 12.4. The minimum absolute atomic E-state index is 0.107. The summed E-state index contributed by atoms with van der Waals surface area (Å²) in [6.45, 7) is 14.7. The molecule has 1 aromatic carbocycles. The van der Waals surface area contributed by atoms with Gasteiger partial charge in [0.25, 0.3) is 0 Å². The van der Waals surface area contributed by atoms with Gasteiger partial charge in [0.05, 0.1) is 11.2 Å². The quantitative estimate of drug-likeness (QED) is 0.428. The van der Waals surface area contributed by atoms with Crippen LogP contribution in [0.1, 0.15) is 69.5 Å². The van der Waals surface area contributed by atoms with E-state index in [1.165, 1.54) is 4.57 Å². The number of hydrogen-bond acceptors (Lipinski definition) is 4. The van der Waals surface area contributed by atoms with Gasteiger partial charge in [-0.3, -0.25) is 4.98 Å². The van der Waals surface area contributed by atoms with E-state index >= 15 is 0 Å². The van der Waals surface area contributed by atoms with E-state index in [0.717, 1.165) is 39.0 Å². The summed E-state index contributed by atoms with van der Waals surface area (Å²) in [6, 6.07) is 9.87. The summed E-state index contributed by atoms with van der Waals surface area (Å²) in [6.07, 6.45) is 1.46. The molecule has 0 saturated carbocycles. The number of nitrogens with zero attached hydrogens (tertiary/aromatic N) is 3. The van der Waals surface area contributed by atoms with E-state index in [0.29, 0.717) is 30.7 Å². The highest BCUT2D eigenvalue weighted by atomic mass is 16.6. The molecular formula is C29H35N3O4. The van der Waals surface area contributed by atoms with Crippen LogP contribution in [-0.4, -0.2) is 50.4 Å². The van der Waals surface area contributed by atoms with Crippen molar-refractivity contribution in [1.82, 2.24) is 14.5 Å². The molecule has 4 rings (SSSR count). The number of aromatic nitrogens is 2. The predicted molar refractivity (Wildman–Crippen MR) is 143 cm³/mol. The Balaban J connectivity index is 1.80. The molecule has 0 saturated heterocycles. The second kappa shape index (κ2) is 9.45. The lowest BCUT2D eigenvalue weighted by molar-refractivity contribution is 0.0270. The van der Waals surface area contributed by atoms with Gasteiger partial charge in [0.1, 0.15) is 5.60 Å². The normalized spacial score (nSPS) is 14.3. The Morgan fingerprint density at radius 3 is 2.25 bits per heavy atom. The third-order valence-electron chi connectivity index (χ3n) is 6.36. The predicted octanol–water partition coefficient (Wildman–Crippen LogP) is 6.99. The molecule has 7 nitrogen and oxygen atoms in total. The number of carbonyl (C=O) groups is 2. The van der Waals surface area contributed by atoms with E-state index in [2.05, 4.69) is 31.0 Å². The average Bonchev–Trinajstić information content (AvgIpc) is 3.12. The molecule has 0 spiro atoms. The Morgan fingerprint density at radius 2 is 1.72 bits per heavy atom. The molecule has 0 bridgehead atoms. The number of rotatable bonds is 3. The number of aryl methyl sites for hydroxylation is 2. The minimum Gasteiger partial charge on any atom is -0.464 e. The highest BCUT2D eigenvalue weighted by molar-refractivity contribution is 6.00. The van der Waals surface area contributed by atoms with Crippen molar-refractivity contribution in [3.8, 4) is 11.3 Å². The second-order valence-electron chi connectivity index (χ2n) is 10.8. The number of pyridine rings is 1. The van der Waals surface area contributed by atoms with Crippen molar-refractivity contribution in [2.45, 2.75) is 66.4 Å². The zero-order chi connectivity index (χ0) is 26.4. The van der Waals surface area contributed by atoms with Crippen LogP contribution in [0.25, 0.3) is 27.7 Å². The van der Waals surface area contributed by atoms with Crippen LogP contribution in [0.4, 0.5) is 9.59 Å². The van der Waals surface area contributed by atoms with Crippen LogP contribution < -0.4 is 0 Å². The molecule has 0 fully saturated rings. The standard InChI is InChI=1S/C29H35N3O4/c1-17(2)25-23-16-21(20-10-12-31(13-11-20)28(35)36-29(5,6)7)8-9-24(23)32(27(33)34)26(25)22-14-18(3)30-19(4)15-22/h8-10,14-17H,11-13H2,1-7H3,(H,33,34). The van der Waals surface area contributed by atoms with Crippen molar-refractivity contribution >= 4 is 28.7 Å². The Kier molecular flexibility index (Phi) is 6.69. The van der Waals surface area contributed by atoms with E-state index in [1.807, 2.05) is 58.9 Å². The fourth-order valence-corrected chi connectivity index (χ4v) is 4.98. The molecule has 1 aliphatic rings. The molecule has 0 unspecified atom stereocenters. The van der Waals surface area contributed by atoms with Gasteiger partial charge in [-0.2, -0.15) is 0 Å². The van der Waals surface area contributed by atoms with Crippen LogP contribution >= 0.6 is 0 Å². The average molecular weight is 490 g/mol. The summed E-state index contributed by atoms with van der Waals surface area (Å²) < 4.78 is 6.91. The number of benzene rings is 1. The van der Waals surface area contributed by atoms with Crippen molar-refractivity contribution in [2.24, 2.45) is 0 Å². The minimum atomic E-state index is -1.01. The summed E-state index contributed by atoms with van der Waals surface area (Å²) in [4.78, 5) is 31.1. The molecular weight excluding hydrogens is 454 g/mol. The van der Waals surface area contributed by atoms with Crippen molar-refractivity contribution in [3.63, 3.8) is 0 Å². The van der Waals surface area contributed by atoms with Gasteiger partial charge in [0, 0.05) is 35.4 Å². The van der Waals surface area contributed by atoms with Crippen molar-refractivity contribution in [2.75, 3.05) is 13.1 Å². The van der Waals surface area contributed by atoms with Crippen LogP contribution in [0.3, 0.4) is 0 Å². The monoisotopic (exact) mass is 489 g/mol. The number of hydrogen-bond donors (Lipinski definition) is 1. The van der Waals surface area contributed by atoms with Gasteiger partial charge in [0.2, 0.25) is 0 Å². The lowest BCUT2D eigenvalue weighted by Gasteiger charge is -2.29. The molecule has 0 atom stereocenters. The van der Waals surface area contributed by atoms with Crippen LogP contribution in [0, 0.1) is 13.8 Å². The summed E-state index contributed by atoms with van der Waals surface area (Å²) >= 11 is 0. The largest absolute Gasteiger partial charge is 0.464 e. The number of ether oxygens (including phenoxy) is 1. The van der Waals surface area contributed by atoms with Gasteiger partial charge in [-0.25, -0.2) is 14.2 Å². The molecule has 2 aromatic heterocycles. The van der Waals surface area contributed by atoms with Gasteiger partial charge in [-0.1, -0.05) is 26.0 Å². The number of carboxylic acid groups (broad SMARTS) is 1. The first-order valence-corrected chi connectivity index (χ1v) is 12.4. The van der Waals surface area contributed by atoms with Gasteiger partial charge >= 0.3 is 12.2 Å². The van der Waals surface area contributed by atoms with Gasteiger partial charge in [0.15, 0.2) is 0 Å². The molecule has 1 aliphatic heterocycles. The molecule has 0 aliphatic carbocycles. The summed E-state index contributed by atoms with van der Waals surface area (Å²) in [5.41, 5.74) is 6.60. The Morgan fingerprint density at radius 1 is 1.06 bits per heavy atom. The fourth-order valence-electron chi connectivity index (χ4n) is 4.98. The van der Waals surface area contributed by atoms with Crippen molar-refractivity contribution in [1.29, 1.82) is 0 Å². The lowest BCUT2D eigenvalue weighted by Crippen LogP contribution is -2.39. The maximum absolute atomic E-state index is 12.5. The summed E-state index contributed by atoms with van der Waals surface area (Å²) in [7, 11) is 0. The zero-order valence-electron chi connectivity index (χ0n) is 22.2. The van der Waals surface area contributed by atoms with Crippen LogP contribution in [-0.2, 0) is 4.74 Å². The third kappa shape index (κ3) is 5.01. The van der Waals surface area contributed by atoms with E-state index in [1.54, 1.807) is 4.90 Å². The molecule has 3 heterocycles. The smallest absolute Gasteiger partial charge is 0.416 e. The molecule has 7 heteroatoms. The molecule has 1 N–H and O–H groups in total. The van der Waals surface area contributed by atoms with Crippen LogP contribution in [0.2, 0.25) is 0 Å². The van der Waals surface area contributed by atoms with Crippen molar-refractivity contribution in [3.05, 3.63) is 58.9 Å². The Labute approximate surface area is 212 Å². The second-order valence-corrected chi connectivity index (χ2v) is 10.8. The maximum atomic E-state index is 12.5.